The van der Waals surface area contributed by atoms with E-state index in [1.807, 2.05) is 19.9 Å². The summed E-state index contributed by atoms with van der Waals surface area (Å²) in [6.07, 6.45) is 20.7. The predicted molar refractivity (Wildman–Crippen MR) is 152 cm³/mol. The van der Waals surface area contributed by atoms with Gasteiger partial charge in [0.2, 0.25) is 0 Å². The number of rotatable bonds is 12. The number of hydrogen-bond donors (Lipinski definition) is 2. The smallest absolute Gasteiger partial charge is 0.373 e. The summed E-state index contributed by atoms with van der Waals surface area (Å²) in [6.45, 7) is 14.3. The number of aliphatic hydroxyl groups excluding tert-OH is 1. The minimum Gasteiger partial charge on any atom is -0.478 e. The highest BCUT2D eigenvalue weighted by Gasteiger charge is 2.46. The topological polar surface area (TPSA) is 110 Å². The fourth-order valence-corrected chi connectivity index (χ4v) is 4.98. The molecule has 0 saturated carbocycles. The first-order chi connectivity index (χ1) is 18.5. The molecule has 2 rings (SSSR count). The van der Waals surface area contributed by atoms with Gasteiger partial charge in [0.05, 0.1) is 18.3 Å². The molecule has 7 unspecified atom stereocenters. The Morgan fingerprint density at radius 1 is 1.13 bits per heavy atom. The first kappa shape index (κ1) is 34.5. The van der Waals surface area contributed by atoms with Crippen molar-refractivity contribution in [1.29, 1.82) is 0 Å². The molecule has 1 spiro atoms. The van der Waals surface area contributed by atoms with Crippen LogP contribution in [0.1, 0.15) is 86.0 Å². The Balaban J connectivity index is 0.00000242. The Bertz CT molecular complexity index is 925. The molecule has 2 saturated heterocycles. The zero-order valence-electron chi connectivity index (χ0n) is 24.3. The predicted octanol–water partition coefficient (Wildman–Crippen LogP) is 6.56. The van der Waals surface area contributed by atoms with E-state index in [-0.39, 0.29) is 24.3 Å². The molecule has 0 radical (unpaired) electrons. The number of unbranched alkanes of at least 4 members (excludes halogenated alkanes) is 1. The normalized spacial score (nSPS) is 29.2. The zero-order chi connectivity index (χ0) is 29.4. The highest BCUT2D eigenvalue weighted by molar-refractivity contribution is 5.79. The minimum atomic E-state index is -1.01. The monoisotopic (exact) mass is 544 g/mol. The molecule has 0 aromatic rings. The van der Waals surface area contributed by atoms with Crippen molar-refractivity contribution < 1.29 is 34.1 Å². The Hall–Kier alpha value is -2.57. The molecular formula is C32H48O7. The lowest BCUT2D eigenvalue weighted by Crippen LogP contribution is -2.52. The highest BCUT2D eigenvalue weighted by Crippen LogP contribution is 2.44. The van der Waals surface area contributed by atoms with E-state index in [0.717, 1.165) is 49.3 Å². The van der Waals surface area contributed by atoms with Crippen LogP contribution in [-0.4, -0.2) is 46.4 Å². The zero-order valence-corrected chi connectivity index (χ0v) is 24.3. The second-order valence-electron chi connectivity index (χ2n) is 11.0. The van der Waals surface area contributed by atoms with Crippen LogP contribution in [0.2, 0.25) is 0 Å². The number of aliphatic hydroxyl groups is 1. The largest absolute Gasteiger partial charge is 0.478 e. The van der Waals surface area contributed by atoms with E-state index in [1.165, 1.54) is 25.3 Å². The lowest BCUT2D eigenvalue weighted by atomic mass is 9.81. The van der Waals surface area contributed by atoms with Crippen molar-refractivity contribution in [3.05, 3.63) is 60.3 Å². The number of hydrogen-bond acceptors (Lipinski definition) is 6. The molecule has 218 valence electrons. The van der Waals surface area contributed by atoms with E-state index in [0.29, 0.717) is 11.8 Å². The van der Waals surface area contributed by atoms with Crippen LogP contribution in [0.3, 0.4) is 0 Å². The van der Waals surface area contributed by atoms with Crippen molar-refractivity contribution in [1.82, 2.24) is 0 Å². The Kier molecular flexibility index (Phi) is 15.8. The third-order valence-corrected chi connectivity index (χ3v) is 7.50. The van der Waals surface area contributed by atoms with Crippen LogP contribution in [0.5, 0.6) is 0 Å². The van der Waals surface area contributed by atoms with Crippen LogP contribution in [-0.2, 0) is 23.9 Å². The van der Waals surface area contributed by atoms with Crippen molar-refractivity contribution in [2.75, 3.05) is 0 Å². The van der Waals surface area contributed by atoms with Gasteiger partial charge in [-0.05, 0) is 51.4 Å². The summed E-state index contributed by atoms with van der Waals surface area (Å²) >= 11 is 0. The SMILES string of the molecule is C=C(C)/C=C/C1OC2(CCC(C)C(C/C=C(C)/C=C/C(O)C(C)/C=C/C(=O)O)O2)CCC1CCCC.O=C=O. The molecule has 0 aliphatic carbocycles. The number of carboxylic acids is 1. The summed E-state index contributed by atoms with van der Waals surface area (Å²) in [7, 11) is 0. The second kappa shape index (κ2) is 17.9. The van der Waals surface area contributed by atoms with Gasteiger partial charge in [0.1, 0.15) is 0 Å². The maximum atomic E-state index is 10.7. The van der Waals surface area contributed by atoms with Gasteiger partial charge < -0.3 is 19.7 Å². The van der Waals surface area contributed by atoms with Crippen LogP contribution in [0.15, 0.2) is 60.3 Å². The molecule has 7 atom stereocenters. The van der Waals surface area contributed by atoms with Gasteiger partial charge in [-0.25, -0.2) is 4.79 Å². The summed E-state index contributed by atoms with van der Waals surface area (Å²) < 4.78 is 13.5. The Morgan fingerprint density at radius 2 is 1.79 bits per heavy atom. The van der Waals surface area contributed by atoms with Crippen molar-refractivity contribution in [2.45, 2.75) is 110 Å². The number of carbonyl (C=O) groups excluding carboxylic acids is 2. The van der Waals surface area contributed by atoms with Crippen molar-refractivity contribution in [3.63, 3.8) is 0 Å². The highest BCUT2D eigenvalue weighted by atomic mass is 16.7. The van der Waals surface area contributed by atoms with Crippen LogP contribution < -0.4 is 0 Å². The molecule has 0 aromatic carbocycles. The van der Waals surface area contributed by atoms with Crippen molar-refractivity contribution in [2.24, 2.45) is 17.8 Å². The van der Waals surface area contributed by atoms with E-state index in [2.05, 4.69) is 38.7 Å². The average molecular weight is 545 g/mol. The maximum Gasteiger partial charge on any atom is 0.373 e. The summed E-state index contributed by atoms with van der Waals surface area (Å²) in [6, 6.07) is 0. The summed E-state index contributed by atoms with van der Waals surface area (Å²) in [5.74, 6) is -0.822. The first-order valence-corrected chi connectivity index (χ1v) is 14.1. The summed E-state index contributed by atoms with van der Waals surface area (Å²) in [4.78, 5) is 26.9. The molecule has 7 heteroatoms. The molecule has 2 aliphatic heterocycles. The van der Waals surface area contributed by atoms with Gasteiger partial charge in [0.25, 0.3) is 0 Å². The van der Waals surface area contributed by atoms with E-state index < -0.39 is 17.9 Å². The lowest BCUT2D eigenvalue weighted by Gasteiger charge is -2.49. The molecule has 39 heavy (non-hydrogen) atoms. The number of allylic oxidation sites excluding steroid dienone is 4. The fourth-order valence-electron chi connectivity index (χ4n) is 4.98. The lowest BCUT2D eigenvalue weighted by molar-refractivity contribution is -0.324. The standard InChI is InChI=1S/C31H48O5.CO2/c1-7-8-9-26-19-21-31(36-29(26)15-10-22(2)3)20-18-25(6)28(35-31)16-12-23(4)11-14-27(32)24(5)13-17-30(33)34;2-1-3/h10-15,17,24-29,32H,2,7-9,16,18-21H2,1,3-6H3,(H,33,34);/b14-11+,15-10+,17-13+,23-12+;. The second-order valence-corrected chi connectivity index (χ2v) is 11.0. The van der Waals surface area contributed by atoms with Gasteiger partial charge in [0, 0.05) is 24.8 Å². The van der Waals surface area contributed by atoms with Gasteiger partial charge in [-0.1, -0.05) is 87.8 Å². The Morgan fingerprint density at radius 3 is 2.41 bits per heavy atom. The number of carboxylic acid groups (broad SMARTS) is 1. The summed E-state index contributed by atoms with van der Waals surface area (Å²) in [5, 5.41) is 19.0. The van der Waals surface area contributed by atoms with Gasteiger partial charge in [-0.15, -0.1) is 0 Å². The van der Waals surface area contributed by atoms with E-state index in [1.54, 1.807) is 13.0 Å². The first-order valence-electron chi connectivity index (χ1n) is 14.1. The molecule has 2 heterocycles. The van der Waals surface area contributed by atoms with Gasteiger partial charge in [0.15, 0.2) is 5.79 Å². The van der Waals surface area contributed by atoms with Crippen LogP contribution in [0, 0.1) is 17.8 Å². The molecule has 2 fully saturated rings. The molecule has 0 bridgehead atoms. The molecular weight excluding hydrogens is 496 g/mol. The summed E-state index contributed by atoms with van der Waals surface area (Å²) in [5.41, 5.74) is 2.08. The minimum absolute atomic E-state index is 0.0647. The third-order valence-electron chi connectivity index (χ3n) is 7.50. The van der Waals surface area contributed by atoms with Crippen molar-refractivity contribution >= 4 is 12.1 Å². The van der Waals surface area contributed by atoms with Crippen molar-refractivity contribution in [3.8, 4) is 0 Å². The maximum absolute atomic E-state index is 10.7. The number of ether oxygens (including phenoxy) is 2. The number of carbonyl (C=O) groups is 1. The Labute approximate surface area is 234 Å². The third kappa shape index (κ3) is 12.9. The number of aliphatic carboxylic acids is 1. The molecule has 2 aliphatic rings. The van der Waals surface area contributed by atoms with E-state index in [9.17, 15) is 9.90 Å². The van der Waals surface area contributed by atoms with Gasteiger partial charge in [-0.2, -0.15) is 9.59 Å². The molecule has 0 amide bonds. The van der Waals surface area contributed by atoms with Crippen LogP contribution in [0.25, 0.3) is 0 Å². The average Bonchev–Trinajstić information content (AvgIpc) is 2.89. The molecule has 0 aromatic heterocycles. The van der Waals surface area contributed by atoms with Crippen LogP contribution in [0.4, 0.5) is 0 Å². The fraction of sp³-hybridized carbons (Fsp3) is 0.625. The quantitative estimate of drug-likeness (QED) is 0.211. The van der Waals surface area contributed by atoms with Gasteiger partial charge in [-0.3, -0.25) is 0 Å². The molecule has 7 nitrogen and oxygen atoms in total. The van der Waals surface area contributed by atoms with E-state index >= 15 is 0 Å². The van der Waals surface area contributed by atoms with Gasteiger partial charge >= 0.3 is 12.1 Å². The van der Waals surface area contributed by atoms with Crippen LogP contribution >= 0.6 is 0 Å². The molecule has 2 N–H and O–H groups in total. The van der Waals surface area contributed by atoms with E-state index in [4.69, 9.17) is 24.2 Å².